The molecule has 0 fully saturated rings. The topological polar surface area (TPSA) is 70.3 Å². The highest BCUT2D eigenvalue weighted by Crippen LogP contribution is 2.07. The SMILES string of the molecule is CC(C)(C)OC(=O)Cn1ccc(=O)n(-c2ccc(F)cc2)c1=O. The zero-order chi connectivity index (χ0) is 17.2. The third-order valence-electron chi connectivity index (χ3n) is 2.86. The summed E-state index contributed by atoms with van der Waals surface area (Å²) in [7, 11) is 0. The zero-order valence-corrected chi connectivity index (χ0v) is 13.1. The van der Waals surface area contributed by atoms with Gasteiger partial charge in [0.2, 0.25) is 0 Å². The van der Waals surface area contributed by atoms with Gasteiger partial charge in [-0.1, -0.05) is 0 Å². The molecule has 0 aliphatic rings. The van der Waals surface area contributed by atoms with Gasteiger partial charge in [0.25, 0.3) is 5.56 Å². The van der Waals surface area contributed by atoms with Crippen LogP contribution in [0.4, 0.5) is 4.39 Å². The molecule has 1 aromatic heterocycles. The van der Waals surface area contributed by atoms with Crippen LogP contribution in [0.2, 0.25) is 0 Å². The van der Waals surface area contributed by atoms with Crippen LogP contribution in [0, 0.1) is 5.82 Å². The lowest BCUT2D eigenvalue weighted by molar-refractivity contribution is -0.155. The monoisotopic (exact) mass is 320 g/mol. The highest BCUT2D eigenvalue weighted by molar-refractivity contribution is 5.69. The lowest BCUT2D eigenvalue weighted by Gasteiger charge is -2.19. The number of carbonyl (C=O) groups is 1. The fourth-order valence-corrected chi connectivity index (χ4v) is 1.98. The van der Waals surface area contributed by atoms with E-state index in [9.17, 15) is 18.8 Å². The van der Waals surface area contributed by atoms with Crippen molar-refractivity contribution in [1.29, 1.82) is 0 Å². The molecule has 0 amide bonds. The first-order chi connectivity index (χ1) is 10.7. The predicted octanol–water partition coefficient (Wildman–Crippen LogP) is 1.48. The lowest BCUT2D eigenvalue weighted by Crippen LogP contribution is -2.39. The van der Waals surface area contributed by atoms with Crippen molar-refractivity contribution in [2.75, 3.05) is 0 Å². The summed E-state index contributed by atoms with van der Waals surface area (Å²) in [6, 6.07) is 6.08. The van der Waals surface area contributed by atoms with Crippen LogP contribution < -0.4 is 11.2 Å². The van der Waals surface area contributed by atoms with Crippen molar-refractivity contribution in [3.05, 3.63) is 63.2 Å². The molecule has 0 unspecified atom stereocenters. The Morgan fingerprint density at radius 1 is 1.13 bits per heavy atom. The van der Waals surface area contributed by atoms with Crippen LogP contribution >= 0.6 is 0 Å². The van der Waals surface area contributed by atoms with Gasteiger partial charge in [0.05, 0.1) is 5.69 Å². The Balaban J connectivity index is 2.40. The molecule has 0 bridgehead atoms. The second kappa shape index (κ2) is 6.20. The maximum Gasteiger partial charge on any atom is 0.336 e. The quantitative estimate of drug-likeness (QED) is 0.803. The molecule has 6 nitrogen and oxygen atoms in total. The maximum atomic E-state index is 13.0. The molecule has 0 spiro atoms. The number of hydrogen-bond acceptors (Lipinski definition) is 4. The number of nitrogens with zero attached hydrogens (tertiary/aromatic N) is 2. The molecular weight excluding hydrogens is 303 g/mol. The molecule has 2 aromatic rings. The standard InChI is InChI=1S/C16H17FN2O4/c1-16(2,3)23-14(21)10-18-9-8-13(20)19(15(18)22)12-6-4-11(17)5-7-12/h4-9H,10H2,1-3H3. The van der Waals surface area contributed by atoms with Gasteiger partial charge in [-0.15, -0.1) is 0 Å². The highest BCUT2D eigenvalue weighted by Gasteiger charge is 2.18. The predicted molar refractivity (Wildman–Crippen MR) is 82.1 cm³/mol. The van der Waals surface area contributed by atoms with Gasteiger partial charge in [-0.05, 0) is 45.0 Å². The Morgan fingerprint density at radius 2 is 1.74 bits per heavy atom. The second-order valence-electron chi connectivity index (χ2n) is 5.96. The van der Waals surface area contributed by atoms with Crippen molar-refractivity contribution >= 4 is 5.97 Å². The van der Waals surface area contributed by atoms with Crippen molar-refractivity contribution in [2.24, 2.45) is 0 Å². The van der Waals surface area contributed by atoms with Crippen molar-refractivity contribution in [3.8, 4) is 5.69 Å². The summed E-state index contributed by atoms with van der Waals surface area (Å²) in [5.74, 6) is -1.07. The van der Waals surface area contributed by atoms with Crippen LogP contribution in [0.3, 0.4) is 0 Å². The van der Waals surface area contributed by atoms with Crippen LogP contribution in [0.25, 0.3) is 5.69 Å². The smallest absolute Gasteiger partial charge is 0.336 e. The fourth-order valence-electron chi connectivity index (χ4n) is 1.98. The van der Waals surface area contributed by atoms with Gasteiger partial charge in [0, 0.05) is 12.3 Å². The average Bonchev–Trinajstić information content (AvgIpc) is 2.42. The average molecular weight is 320 g/mol. The van der Waals surface area contributed by atoms with Crippen LogP contribution in [0.5, 0.6) is 0 Å². The number of rotatable bonds is 3. The second-order valence-corrected chi connectivity index (χ2v) is 5.96. The molecular formula is C16H17FN2O4. The Labute approximate surface area is 131 Å². The summed E-state index contributed by atoms with van der Waals surface area (Å²) >= 11 is 0. The number of ether oxygens (including phenoxy) is 1. The van der Waals surface area contributed by atoms with Crippen LogP contribution in [-0.4, -0.2) is 20.7 Å². The lowest BCUT2D eigenvalue weighted by atomic mass is 10.2. The van der Waals surface area contributed by atoms with Gasteiger partial charge in [-0.3, -0.25) is 14.2 Å². The van der Waals surface area contributed by atoms with Crippen LogP contribution in [0.1, 0.15) is 20.8 Å². The van der Waals surface area contributed by atoms with Gasteiger partial charge < -0.3 is 4.74 Å². The molecule has 0 saturated heterocycles. The van der Waals surface area contributed by atoms with E-state index in [1.165, 1.54) is 18.3 Å². The first-order valence-corrected chi connectivity index (χ1v) is 6.98. The minimum Gasteiger partial charge on any atom is -0.459 e. The number of benzene rings is 1. The first-order valence-electron chi connectivity index (χ1n) is 6.98. The summed E-state index contributed by atoms with van der Waals surface area (Å²) in [4.78, 5) is 36.2. The molecule has 1 heterocycles. The van der Waals surface area contributed by atoms with E-state index in [2.05, 4.69) is 0 Å². The van der Waals surface area contributed by atoms with E-state index in [0.717, 1.165) is 27.3 Å². The number of esters is 1. The molecule has 23 heavy (non-hydrogen) atoms. The molecule has 2 rings (SSSR count). The third-order valence-corrected chi connectivity index (χ3v) is 2.86. The molecule has 1 aromatic carbocycles. The molecule has 0 aliphatic carbocycles. The first kappa shape index (κ1) is 16.7. The molecule has 122 valence electrons. The number of hydrogen-bond donors (Lipinski definition) is 0. The minimum absolute atomic E-state index is 0.222. The largest absolute Gasteiger partial charge is 0.459 e. The summed E-state index contributed by atoms with van der Waals surface area (Å²) in [6.45, 7) is 4.82. The van der Waals surface area contributed by atoms with Crippen LogP contribution in [-0.2, 0) is 16.1 Å². The highest BCUT2D eigenvalue weighted by atomic mass is 19.1. The van der Waals surface area contributed by atoms with E-state index in [-0.39, 0.29) is 12.2 Å². The molecule has 7 heteroatoms. The van der Waals surface area contributed by atoms with Crippen LogP contribution in [0.15, 0.2) is 46.1 Å². The molecule has 0 atom stereocenters. The van der Waals surface area contributed by atoms with Crippen molar-refractivity contribution < 1.29 is 13.9 Å². The molecule has 0 radical (unpaired) electrons. The van der Waals surface area contributed by atoms with Gasteiger partial charge in [-0.25, -0.2) is 13.8 Å². The van der Waals surface area contributed by atoms with Gasteiger partial charge in [0.15, 0.2) is 0 Å². The number of aromatic nitrogens is 2. The molecule has 0 N–H and O–H groups in total. The maximum absolute atomic E-state index is 13.0. The summed E-state index contributed by atoms with van der Waals surface area (Å²) in [5, 5.41) is 0. The van der Waals surface area contributed by atoms with E-state index in [4.69, 9.17) is 4.74 Å². The van der Waals surface area contributed by atoms with E-state index in [1.54, 1.807) is 20.8 Å². The summed E-state index contributed by atoms with van der Waals surface area (Å²) in [6.07, 6.45) is 1.23. The number of halogens is 1. The van der Waals surface area contributed by atoms with E-state index < -0.39 is 28.6 Å². The van der Waals surface area contributed by atoms with E-state index in [0.29, 0.717) is 0 Å². The summed E-state index contributed by atoms with van der Waals surface area (Å²) in [5.41, 5.74) is -1.72. The third kappa shape index (κ3) is 4.15. The zero-order valence-electron chi connectivity index (χ0n) is 13.1. The number of carbonyl (C=O) groups excluding carboxylic acids is 1. The normalized spacial score (nSPS) is 11.3. The van der Waals surface area contributed by atoms with Crippen molar-refractivity contribution in [2.45, 2.75) is 32.9 Å². The Morgan fingerprint density at radius 3 is 2.30 bits per heavy atom. The van der Waals surface area contributed by atoms with Gasteiger partial charge >= 0.3 is 11.7 Å². The van der Waals surface area contributed by atoms with Crippen molar-refractivity contribution in [3.63, 3.8) is 0 Å². The Kier molecular flexibility index (Phi) is 4.49. The molecule has 0 saturated carbocycles. The van der Waals surface area contributed by atoms with E-state index in [1.807, 2.05) is 0 Å². The Bertz CT molecular complexity index is 829. The van der Waals surface area contributed by atoms with Gasteiger partial charge in [-0.2, -0.15) is 0 Å². The Hall–Kier alpha value is -2.70. The van der Waals surface area contributed by atoms with Crippen molar-refractivity contribution in [1.82, 2.24) is 9.13 Å². The van der Waals surface area contributed by atoms with Gasteiger partial charge in [0.1, 0.15) is 18.0 Å². The van der Waals surface area contributed by atoms with E-state index >= 15 is 0 Å². The fraction of sp³-hybridized carbons (Fsp3) is 0.312. The molecule has 0 aliphatic heterocycles. The summed E-state index contributed by atoms with van der Waals surface area (Å²) < 4.78 is 20.1. The minimum atomic E-state index is -0.699.